The number of rotatable bonds is 6. The molecule has 0 saturated carbocycles. The number of benzene rings is 3. The number of esters is 1. The fourth-order valence-electron chi connectivity index (χ4n) is 4.11. The highest BCUT2D eigenvalue weighted by molar-refractivity contribution is 5.94. The summed E-state index contributed by atoms with van der Waals surface area (Å²) in [6.07, 6.45) is 4.14. The predicted molar refractivity (Wildman–Crippen MR) is 118 cm³/mol. The average Bonchev–Trinajstić information content (AvgIpc) is 2.74. The number of carbonyl (C=O) groups is 1. The largest absolute Gasteiger partial charge is 0.458 e. The highest BCUT2D eigenvalue weighted by Gasteiger charge is 2.30. The number of aryl methyl sites for hydroxylation is 3. The van der Waals surface area contributed by atoms with Gasteiger partial charge in [0.05, 0.1) is 5.56 Å². The highest BCUT2D eigenvalue weighted by atomic mass is 19.1. The van der Waals surface area contributed by atoms with Crippen LogP contribution >= 0.6 is 0 Å². The van der Waals surface area contributed by atoms with Crippen molar-refractivity contribution in [1.29, 1.82) is 0 Å². The van der Waals surface area contributed by atoms with E-state index in [9.17, 15) is 4.79 Å². The normalized spacial score (nSPS) is 15.6. The summed E-state index contributed by atoms with van der Waals surface area (Å²) in [4.78, 5) is 12.6. The van der Waals surface area contributed by atoms with E-state index in [-0.39, 0.29) is 11.7 Å². The van der Waals surface area contributed by atoms with Crippen molar-refractivity contribution in [2.24, 2.45) is 0 Å². The number of ether oxygens (including phenoxy) is 1. The first kappa shape index (κ1) is 20.3. The third kappa shape index (κ3) is 4.30. The molecule has 0 aromatic heterocycles. The molecule has 0 N–H and O–H groups in total. The number of halogens is 1. The Morgan fingerprint density at radius 2 is 1.60 bits per heavy atom. The molecule has 0 amide bonds. The molecule has 1 aliphatic rings. The topological polar surface area (TPSA) is 26.3 Å². The van der Waals surface area contributed by atoms with Crippen molar-refractivity contribution in [1.82, 2.24) is 0 Å². The number of cyclic esters (lactones) is 1. The molecule has 0 fully saturated rings. The molecule has 0 bridgehead atoms. The number of carbonyl (C=O) groups excluding carboxylic acids is 1. The maximum atomic E-state index is 15.2. The summed E-state index contributed by atoms with van der Waals surface area (Å²) >= 11 is 0. The Labute approximate surface area is 177 Å². The molecule has 0 saturated heterocycles. The average molecular weight is 403 g/mol. The lowest BCUT2D eigenvalue weighted by molar-refractivity contribution is 0.0232. The van der Waals surface area contributed by atoms with E-state index < -0.39 is 11.8 Å². The number of hydrogen-bond donors (Lipinski definition) is 0. The Morgan fingerprint density at radius 1 is 0.933 bits per heavy atom. The first-order valence-electron chi connectivity index (χ1n) is 10.7. The minimum absolute atomic E-state index is 0.0910. The molecule has 3 aromatic rings. The second-order valence-corrected chi connectivity index (χ2v) is 8.16. The molecule has 3 aromatic carbocycles. The standard InChI is InChI=1S/C27H27FO2/c1-3-4-19-7-9-20(10-8-19)11-15-23-17-22-14-16-24(21-12-5-18(2)6-13-21)26(28)25(22)27(29)30-23/h5-10,12-14,16,23H,3-4,11,15,17H2,1-2H3. The molecule has 0 radical (unpaired) electrons. The molecule has 4 rings (SSSR count). The van der Waals surface area contributed by atoms with Gasteiger partial charge in [-0.1, -0.05) is 79.6 Å². The van der Waals surface area contributed by atoms with Gasteiger partial charge in [-0.3, -0.25) is 0 Å². The smallest absolute Gasteiger partial charge is 0.341 e. The van der Waals surface area contributed by atoms with E-state index in [0.717, 1.165) is 42.4 Å². The van der Waals surface area contributed by atoms with Gasteiger partial charge in [-0.2, -0.15) is 0 Å². The van der Waals surface area contributed by atoms with Crippen LogP contribution in [-0.2, 0) is 24.0 Å². The Balaban J connectivity index is 1.48. The molecule has 3 heteroatoms. The lowest BCUT2D eigenvalue weighted by Gasteiger charge is -2.26. The van der Waals surface area contributed by atoms with Gasteiger partial charge < -0.3 is 4.74 Å². The van der Waals surface area contributed by atoms with Crippen molar-refractivity contribution in [3.63, 3.8) is 0 Å². The predicted octanol–water partition coefficient (Wildman–Crippen LogP) is 6.47. The summed E-state index contributed by atoms with van der Waals surface area (Å²) in [5.74, 6) is -1.03. The second-order valence-electron chi connectivity index (χ2n) is 8.16. The molecule has 0 aliphatic carbocycles. The van der Waals surface area contributed by atoms with Crippen LogP contribution < -0.4 is 0 Å². The SMILES string of the molecule is CCCc1ccc(CCC2Cc3ccc(-c4ccc(C)cc4)c(F)c3C(=O)O2)cc1. The van der Waals surface area contributed by atoms with E-state index >= 15 is 4.39 Å². The van der Waals surface area contributed by atoms with Crippen molar-refractivity contribution in [2.45, 2.75) is 52.1 Å². The van der Waals surface area contributed by atoms with E-state index in [1.807, 2.05) is 37.3 Å². The fourth-order valence-corrected chi connectivity index (χ4v) is 4.11. The van der Waals surface area contributed by atoms with Gasteiger partial charge >= 0.3 is 5.97 Å². The molecule has 0 spiro atoms. The second kappa shape index (κ2) is 8.83. The van der Waals surface area contributed by atoms with Crippen LogP contribution in [0.2, 0.25) is 0 Å². The Morgan fingerprint density at radius 3 is 2.27 bits per heavy atom. The van der Waals surface area contributed by atoms with Gasteiger partial charge in [-0.05, 0) is 48.4 Å². The lowest BCUT2D eigenvalue weighted by atomic mass is 9.91. The van der Waals surface area contributed by atoms with Gasteiger partial charge in [-0.25, -0.2) is 9.18 Å². The van der Waals surface area contributed by atoms with Crippen molar-refractivity contribution in [2.75, 3.05) is 0 Å². The third-order valence-electron chi connectivity index (χ3n) is 5.83. The Kier molecular flexibility index (Phi) is 5.98. The molecule has 1 atom stereocenters. The summed E-state index contributed by atoms with van der Waals surface area (Å²) in [5.41, 5.74) is 5.73. The van der Waals surface area contributed by atoms with Crippen molar-refractivity contribution >= 4 is 5.97 Å². The summed E-state index contributed by atoms with van der Waals surface area (Å²) < 4.78 is 20.8. The first-order valence-corrected chi connectivity index (χ1v) is 10.7. The van der Waals surface area contributed by atoms with Crippen LogP contribution in [0.15, 0.2) is 60.7 Å². The molecule has 30 heavy (non-hydrogen) atoms. The molecule has 154 valence electrons. The van der Waals surface area contributed by atoms with E-state index in [0.29, 0.717) is 12.0 Å². The number of hydrogen-bond acceptors (Lipinski definition) is 2. The van der Waals surface area contributed by atoms with Crippen molar-refractivity contribution in [3.8, 4) is 11.1 Å². The lowest BCUT2D eigenvalue weighted by Crippen LogP contribution is -2.29. The Bertz CT molecular complexity index is 1040. The molecule has 2 nitrogen and oxygen atoms in total. The third-order valence-corrected chi connectivity index (χ3v) is 5.83. The maximum Gasteiger partial charge on any atom is 0.341 e. The van der Waals surface area contributed by atoms with Crippen LogP contribution in [0.4, 0.5) is 4.39 Å². The van der Waals surface area contributed by atoms with Crippen LogP contribution in [0.5, 0.6) is 0 Å². The van der Waals surface area contributed by atoms with Gasteiger partial charge in [0.25, 0.3) is 0 Å². The van der Waals surface area contributed by atoms with Crippen LogP contribution in [0.1, 0.15) is 52.4 Å². The monoisotopic (exact) mass is 402 g/mol. The molecular formula is C27H27FO2. The van der Waals surface area contributed by atoms with Crippen molar-refractivity contribution in [3.05, 3.63) is 94.3 Å². The Hall–Kier alpha value is -2.94. The first-order chi connectivity index (χ1) is 14.5. The minimum Gasteiger partial charge on any atom is -0.458 e. The summed E-state index contributed by atoms with van der Waals surface area (Å²) in [6, 6.07) is 19.9. The highest BCUT2D eigenvalue weighted by Crippen LogP contribution is 2.32. The minimum atomic E-state index is -0.550. The van der Waals surface area contributed by atoms with Crippen molar-refractivity contribution < 1.29 is 13.9 Å². The van der Waals surface area contributed by atoms with Crippen LogP contribution in [-0.4, -0.2) is 12.1 Å². The summed E-state index contributed by atoms with van der Waals surface area (Å²) in [6.45, 7) is 4.17. The zero-order chi connectivity index (χ0) is 21.1. The van der Waals surface area contributed by atoms with Gasteiger partial charge in [0.1, 0.15) is 11.9 Å². The van der Waals surface area contributed by atoms with Gasteiger partial charge in [0.2, 0.25) is 0 Å². The molecule has 1 aliphatic heterocycles. The van der Waals surface area contributed by atoms with Gasteiger partial charge in [0, 0.05) is 12.0 Å². The summed E-state index contributed by atoms with van der Waals surface area (Å²) in [7, 11) is 0. The van der Waals surface area contributed by atoms with E-state index in [1.165, 1.54) is 11.1 Å². The van der Waals surface area contributed by atoms with Gasteiger partial charge in [-0.15, -0.1) is 0 Å². The fraction of sp³-hybridized carbons (Fsp3) is 0.296. The molecule has 1 unspecified atom stereocenters. The molecular weight excluding hydrogens is 375 g/mol. The number of fused-ring (bicyclic) bond motifs is 1. The van der Waals surface area contributed by atoms with Crippen LogP contribution in [0.3, 0.4) is 0 Å². The van der Waals surface area contributed by atoms with E-state index in [2.05, 4.69) is 31.2 Å². The zero-order valence-corrected chi connectivity index (χ0v) is 17.6. The van der Waals surface area contributed by atoms with E-state index in [1.54, 1.807) is 6.07 Å². The quantitative estimate of drug-likeness (QED) is 0.442. The van der Waals surface area contributed by atoms with Gasteiger partial charge in [0.15, 0.2) is 0 Å². The maximum absolute atomic E-state index is 15.2. The van der Waals surface area contributed by atoms with Crippen LogP contribution in [0, 0.1) is 12.7 Å². The van der Waals surface area contributed by atoms with Crippen LogP contribution in [0.25, 0.3) is 11.1 Å². The zero-order valence-electron chi connectivity index (χ0n) is 17.6. The summed E-state index contributed by atoms with van der Waals surface area (Å²) in [5, 5.41) is 0. The van der Waals surface area contributed by atoms with E-state index in [4.69, 9.17) is 4.74 Å². The molecule has 1 heterocycles.